The Morgan fingerprint density at radius 3 is 3.00 bits per heavy atom. The summed E-state index contributed by atoms with van der Waals surface area (Å²) in [5.74, 6) is 1.47. The number of nitrogens with two attached hydrogens (primary N) is 1. The van der Waals surface area contributed by atoms with E-state index in [1.54, 1.807) is 0 Å². The third-order valence-electron chi connectivity index (χ3n) is 3.08. The van der Waals surface area contributed by atoms with Gasteiger partial charge < -0.3 is 5.73 Å². The highest BCUT2D eigenvalue weighted by molar-refractivity contribution is 7.10. The zero-order valence-electron chi connectivity index (χ0n) is 7.63. The predicted molar refractivity (Wildman–Crippen MR) is 54.6 cm³/mol. The lowest BCUT2D eigenvalue weighted by Crippen LogP contribution is -2.15. The molecule has 0 saturated carbocycles. The number of hydrogen-bond donors (Lipinski definition) is 1. The molecule has 2 atom stereocenters. The lowest BCUT2D eigenvalue weighted by atomic mass is 9.80. The van der Waals surface area contributed by atoms with E-state index in [9.17, 15) is 0 Å². The summed E-state index contributed by atoms with van der Waals surface area (Å²) in [5.41, 5.74) is 8.39. The standard InChI is InChI=1S/C10H15NS/c1-6-3-4-9-10(7(6)2)8(11)5-12-9/h5-7H,3-4,11H2,1-2H3. The molecule has 12 heavy (non-hydrogen) atoms. The van der Waals surface area contributed by atoms with Crippen LogP contribution in [-0.2, 0) is 6.42 Å². The van der Waals surface area contributed by atoms with Crippen LogP contribution in [0.15, 0.2) is 5.38 Å². The molecule has 0 amide bonds. The monoisotopic (exact) mass is 181 g/mol. The van der Waals surface area contributed by atoms with Gasteiger partial charge in [-0.15, -0.1) is 11.3 Å². The van der Waals surface area contributed by atoms with Gasteiger partial charge in [-0.3, -0.25) is 0 Å². The Bertz CT molecular complexity index is 290. The summed E-state index contributed by atoms with van der Waals surface area (Å²) in [5, 5.41) is 2.10. The molecule has 2 unspecified atom stereocenters. The molecule has 1 aliphatic carbocycles. The second kappa shape index (κ2) is 2.77. The quantitative estimate of drug-likeness (QED) is 0.654. The molecule has 0 bridgehead atoms. The van der Waals surface area contributed by atoms with Crippen molar-refractivity contribution in [1.82, 2.24) is 0 Å². The molecule has 2 rings (SSSR count). The molecule has 0 saturated heterocycles. The lowest BCUT2D eigenvalue weighted by molar-refractivity contribution is 0.431. The van der Waals surface area contributed by atoms with E-state index in [4.69, 9.17) is 5.73 Å². The van der Waals surface area contributed by atoms with Crippen molar-refractivity contribution in [2.45, 2.75) is 32.6 Å². The largest absolute Gasteiger partial charge is 0.398 e. The van der Waals surface area contributed by atoms with Gasteiger partial charge in [0.2, 0.25) is 0 Å². The highest BCUT2D eigenvalue weighted by atomic mass is 32.1. The van der Waals surface area contributed by atoms with Crippen LogP contribution in [0.3, 0.4) is 0 Å². The van der Waals surface area contributed by atoms with E-state index < -0.39 is 0 Å². The van der Waals surface area contributed by atoms with E-state index in [-0.39, 0.29) is 0 Å². The van der Waals surface area contributed by atoms with Crippen molar-refractivity contribution in [3.05, 3.63) is 15.8 Å². The van der Waals surface area contributed by atoms with E-state index in [1.165, 1.54) is 23.3 Å². The molecule has 1 aromatic heterocycles. The molecule has 0 aromatic carbocycles. The summed E-state index contributed by atoms with van der Waals surface area (Å²) in [4.78, 5) is 1.53. The average molecular weight is 181 g/mol. The van der Waals surface area contributed by atoms with E-state index in [2.05, 4.69) is 19.2 Å². The zero-order valence-corrected chi connectivity index (χ0v) is 8.45. The van der Waals surface area contributed by atoms with Gasteiger partial charge in [0.15, 0.2) is 0 Å². The first-order valence-electron chi connectivity index (χ1n) is 4.56. The Kier molecular flexibility index (Phi) is 1.87. The molecule has 1 heterocycles. The third-order valence-corrected chi connectivity index (χ3v) is 4.16. The fourth-order valence-electron chi connectivity index (χ4n) is 2.03. The summed E-state index contributed by atoms with van der Waals surface area (Å²) in [7, 11) is 0. The third kappa shape index (κ3) is 1.06. The van der Waals surface area contributed by atoms with E-state index in [0.717, 1.165) is 11.6 Å². The van der Waals surface area contributed by atoms with Gasteiger partial charge in [0.1, 0.15) is 0 Å². The molecule has 2 N–H and O–H groups in total. The molecule has 0 radical (unpaired) electrons. The van der Waals surface area contributed by atoms with Gasteiger partial charge in [0.25, 0.3) is 0 Å². The summed E-state index contributed by atoms with van der Waals surface area (Å²) in [6.45, 7) is 4.62. The summed E-state index contributed by atoms with van der Waals surface area (Å²) in [6.07, 6.45) is 2.57. The minimum Gasteiger partial charge on any atom is -0.398 e. The minimum atomic E-state index is 0.667. The first-order valence-corrected chi connectivity index (χ1v) is 5.44. The fraction of sp³-hybridized carbons (Fsp3) is 0.600. The smallest absolute Gasteiger partial charge is 0.0461 e. The Balaban J connectivity index is 2.45. The normalized spacial score (nSPS) is 28.5. The molecule has 0 aliphatic heterocycles. The molecule has 1 aliphatic rings. The van der Waals surface area contributed by atoms with Gasteiger partial charge in [-0.2, -0.15) is 0 Å². The number of anilines is 1. The van der Waals surface area contributed by atoms with Gasteiger partial charge in [-0.1, -0.05) is 13.8 Å². The number of thiophene rings is 1. The van der Waals surface area contributed by atoms with Crippen molar-refractivity contribution in [3.63, 3.8) is 0 Å². The van der Waals surface area contributed by atoms with Crippen LogP contribution in [0.25, 0.3) is 0 Å². The van der Waals surface area contributed by atoms with E-state index in [0.29, 0.717) is 5.92 Å². The van der Waals surface area contributed by atoms with Gasteiger partial charge in [0, 0.05) is 15.9 Å². The van der Waals surface area contributed by atoms with Crippen LogP contribution in [0.1, 0.15) is 36.6 Å². The number of aryl methyl sites for hydroxylation is 1. The predicted octanol–water partition coefficient (Wildman–Crippen LogP) is 3.02. The van der Waals surface area contributed by atoms with Crippen LogP contribution < -0.4 is 5.73 Å². The van der Waals surface area contributed by atoms with Crippen LogP contribution in [0, 0.1) is 5.92 Å². The highest BCUT2D eigenvalue weighted by Crippen LogP contribution is 2.41. The topological polar surface area (TPSA) is 26.0 Å². The maximum atomic E-state index is 5.92. The SMILES string of the molecule is CC1CCc2scc(N)c2C1C. The zero-order chi connectivity index (χ0) is 8.72. The summed E-state index contributed by atoms with van der Waals surface area (Å²) in [6, 6.07) is 0. The van der Waals surface area contributed by atoms with E-state index >= 15 is 0 Å². The van der Waals surface area contributed by atoms with Crippen LogP contribution >= 0.6 is 11.3 Å². The van der Waals surface area contributed by atoms with Crippen LogP contribution in [-0.4, -0.2) is 0 Å². The molecule has 66 valence electrons. The van der Waals surface area contributed by atoms with Crippen LogP contribution in [0.5, 0.6) is 0 Å². The van der Waals surface area contributed by atoms with Gasteiger partial charge in [0.05, 0.1) is 0 Å². The van der Waals surface area contributed by atoms with Crippen molar-refractivity contribution in [2.24, 2.45) is 5.92 Å². The van der Waals surface area contributed by atoms with Gasteiger partial charge >= 0.3 is 0 Å². The van der Waals surface area contributed by atoms with Gasteiger partial charge in [-0.05, 0) is 30.2 Å². The molecule has 0 spiro atoms. The second-order valence-corrected chi connectivity index (χ2v) is 4.80. The van der Waals surface area contributed by atoms with Crippen molar-refractivity contribution in [1.29, 1.82) is 0 Å². The molecular weight excluding hydrogens is 166 g/mol. The van der Waals surface area contributed by atoms with Gasteiger partial charge in [-0.25, -0.2) is 0 Å². The Morgan fingerprint density at radius 2 is 2.25 bits per heavy atom. The number of fused-ring (bicyclic) bond motifs is 1. The molecule has 1 nitrogen and oxygen atoms in total. The Labute approximate surface area is 77.6 Å². The summed E-state index contributed by atoms with van der Waals surface area (Å²) < 4.78 is 0. The molecular formula is C10H15NS. The van der Waals surface area contributed by atoms with Crippen LogP contribution in [0.2, 0.25) is 0 Å². The first-order chi connectivity index (χ1) is 5.70. The lowest BCUT2D eigenvalue weighted by Gasteiger charge is -2.26. The van der Waals surface area contributed by atoms with Crippen molar-refractivity contribution < 1.29 is 0 Å². The summed E-state index contributed by atoms with van der Waals surface area (Å²) >= 11 is 1.83. The van der Waals surface area contributed by atoms with E-state index in [1.807, 2.05) is 11.3 Å². The number of nitrogen functional groups attached to an aromatic ring is 1. The van der Waals surface area contributed by atoms with Crippen molar-refractivity contribution >= 4 is 17.0 Å². The molecule has 1 aromatic rings. The maximum Gasteiger partial charge on any atom is 0.0461 e. The highest BCUT2D eigenvalue weighted by Gasteiger charge is 2.25. The minimum absolute atomic E-state index is 0.667. The fourth-order valence-corrected chi connectivity index (χ4v) is 3.09. The number of rotatable bonds is 0. The molecule has 0 fully saturated rings. The van der Waals surface area contributed by atoms with Crippen molar-refractivity contribution in [3.8, 4) is 0 Å². The Morgan fingerprint density at radius 1 is 1.50 bits per heavy atom. The first kappa shape index (κ1) is 8.11. The second-order valence-electron chi connectivity index (χ2n) is 3.83. The Hall–Kier alpha value is -0.500. The number of hydrogen-bond acceptors (Lipinski definition) is 2. The van der Waals surface area contributed by atoms with Crippen LogP contribution in [0.4, 0.5) is 5.69 Å². The molecule has 2 heteroatoms. The average Bonchev–Trinajstić information content (AvgIpc) is 2.41. The maximum absolute atomic E-state index is 5.92. The van der Waals surface area contributed by atoms with Crippen molar-refractivity contribution in [2.75, 3.05) is 5.73 Å².